The fourth-order valence-electron chi connectivity index (χ4n) is 3.42. The average Bonchev–Trinajstić information content (AvgIpc) is 2.88. The molecule has 0 aromatic heterocycles. The minimum absolute atomic E-state index is 0.0936. The summed E-state index contributed by atoms with van der Waals surface area (Å²) in [6.07, 6.45) is 1.70. The van der Waals surface area contributed by atoms with Crippen LogP contribution in [0.2, 0.25) is 0 Å². The van der Waals surface area contributed by atoms with Gasteiger partial charge in [-0.3, -0.25) is 9.10 Å². The van der Waals surface area contributed by atoms with Crippen LogP contribution in [0.4, 0.5) is 5.69 Å². The van der Waals surface area contributed by atoms with E-state index in [4.69, 9.17) is 0 Å². The zero-order valence-electron chi connectivity index (χ0n) is 14.2. The Morgan fingerprint density at radius 1 is 1.38 bits per heavy atom. The van der Waals surface area contributed by atoms with E-state index in [1.807, 2.05) is 6.92 Å². The summed E-state index contributed by atoms with van der Waals surface area (Å²) < 4.78 is 25.5. The molecule has 2 saturated heterocycles. The molecule has 7 heteroatoms. The predicted molar refractivity (Wildman–Crippen MR) is 94.8 cm³/mol. The highest BCUT2D eigenvalue weighted by Crippen LogP contribution is 2.26. The Labute approximate surface area is 143 Å². The zero-order chi connectivity index (χ0) is 17.3. The summed E-state index contributed by atoms with van der Waals surface area (Å²) in [6.45, 7) is 6.30. The van der Waals surface area contributed by atoms with E-state index in [2.05, 4.69) is 17.6 Å². The van der Waals surface area contributed by atoms with Gasteiger partial charge in [0.2, 0.25) is 10.0 Å². The first-order chi connectivity index (χ1) is 11.4. The lowest BCUT2D eigenvalue weighted by Gasteiger charge is -2.30. The highest BCUT2D eigenvalue weighted by Gasteiger charge is 2.29. The number of nitrogens with zero attached hydrogens (tertiary/aromatic N) is 1. The molecule has 2 unspecified atom stereocenters. The number of carbonyl (C=O) groups excluding carboxylic acids is 1. The first-order valence-electron chi connectivity index (χ1n) is 8.51. The molecule has 2 aliphatic rings. The molecule has 132 valence electrons. The first-order valence-corrected chi connectivity index (χ1v) is 10.1. The summed E-state index contributed by atoms with van der Waals surface area (Å²) in [7, 11) is -3.20. The number of piperidine rings is 1. The van der Waals surface area contributed by atoms with Crippen LogP contribution in [0.15, 0.2) is 18.2 Å². The van der Waals surface area contributed by atoms with Gasteiger partial charge in [0.25, 0.3) is 5.91 Å². The van der Waals surface area contributed by atoms with Crippen molar-refractivity contribution >= 4 is 21.6 Å². The van der Waals surface area contributed by atoms with E-state index in [9.17, 15) is 13.2 Å². The molecule has 6 nitrogen and oxygen atoms in total. The second kappa shape index (κ2) is 6.72. The summed E-state index contributed by atoms with van der Waals surface area (Å²) >= 11 is 0. The van der Waals surface area contributed by atoms with Crippen LogP contribution < -0.4 is 14.9 Å². The van der Waals surface area contributed by atoms with Crippen LogP contribution in [0.1, 0.15) is 35.7 Å². The summed E-state index contributed by atoms with van der Waals surface area (Å²) in [5, 5.41) is 6.40. The maximum Gasteiger partial charge on any atom is 0.251 e. The van der Waals surface area contributed by atoms with Crippen LogP contribution in [-0.2, 0) is 10.0 Å². The molecule has 2 heterocycles. The average molecular weight is 351 g/mol. The molecule has 2 N–H and O–H groups in total. The van der Waals surface area contributed by atoms with Gasteiger partial charge in [-0.05, 0) is 56.0 Å². The Balaban J connectivity index is 1.76. The van der Waals surface area contributed by atoms with Crippen LogP contribution in [0.5, 0.6) is 0 Å². The third kappa shape index (κ3) is 3.42. The van der Waals surface area contributed by atoms with Gasteiger partial charge in [-0.25, -0.2) is 8.42 Å². The Morgan fingerprint density at radius 3 is 2.79 bits per heavy atom. The second-order valence-corrected chi connectivity index (χ2v) is 8.80. The molecule has 0 spiro atoms. The number of anilines is 1. The number of sulfonamides is 1. The summed E-state index contributed by atoms with van der Waals surface area (Å²) in [4.78, 5) is 12.6. The fourth-order valence-corrected chi connectivity index (χ4v) is 4.97. The third-order valence-corrected chi connectivity index (χ3v) is 6.86. The van der Waals surface area contributed by atoms with E-state index in [1.54, 1.807) is 18.2 Å². The highest BCUT2D eigenvalue weighted by atomic mass is 32.2. The van der Waals surface area contributed by atoms with Crippen molar-refractivity contribution in [3.05, 3.63) is 29.3 Å². The van der Waals surface area contributed by atoms with Crippen LogP contribution in [0.25, 0.3) is 0 Å². The number of rotatable bonds is 3. The lowest BCUT2D eigenvalue weighted by atomic mass is 9.94. The van der Waals surface area contributed by atoms with Crippen molar-refractivity contribution in [3.63, 3.8) is 0 Å². The van der Waals surface area contributed by atoms with Gasteiger partial charge < -0.3 is 10.6 Å². The molecule has 0 bridgehead atoms. The van der Waals surface area contributed by atoms with Crippen LogP contribution in [0.3, 0.4) is 0 Å². The van der Waals surface area contributed by atoms with Gasteiger partial charge in [0.05, 0.1) is 11.4 Å². The molecule has 1 aromatic rings. The topological polar surface area (TPSA) is 78.5 Å². The SMILES string of the molecule is Cc1cc(N2CCCS2(=O)=O)ccc1C(=O)NC1CNCCC1C. The highest BCUT2D eigenvalue weighted by molar-refractivity contribution is 7.93. The van der Waals surface area contributed by atoms with Crippen molar-refractivity contribution in [1.29, 1.82) is 0 Å². The molecule has 24 heavy (non-hydrogen) atoms. The molecule has 0 aliphatic carbocycles. The zero-order valence-corrected chi connectivity index (χ0v) is 15.0. The number of benzene rings is 1. The van der Waals surface area contributed by atoms with Crippen LogP contribution in [-0.4, -0.2) is 45.8 Å². The maximum absolute atomic E-state index is 12.6. The Morgan fingerprint density at radius 2 is 2.17 bits per heavy atom. The Kier molecular flexibility index (Phi) is 4.83. The van der Waals surface area contributed by atoms with E-state index in [0.29, 0.717) is 30.1 Å². The molecule has 0 saturated carbocycles. The number of carbonyl (C=O) groups is 1. The van der Waals surface area contributed by atoms with E-state index >= 15 is 0 Å². The molecule has 2 atom stereocenters. The van der Waals surface area contributed by atoms with E-state index in [-0.39, 0.29) is 17.7 Å². The summed E-state index contributed by atoms with van der Waals surface area (Å²) in [5.41, 5.74) is 2.05. The van der Waals surface area contributed by atoms with Crippen molar-refractivity contribution in [3.8, 4) is 0 Å². The van der Waals surface area contributed by atoms with Gasteiger partial charge in [0, 0.05) is 24.7 Å². The van der Waals surface area contributed by atoms with Crippen molar-refractivity contribution in [2.24, 2.45) is 5.92 Å². The molecule has 0 radical (unpaired) electrons. The van der Waals surface area contributed by atoms with E-state index < -0.39 is 10.0 Å². The molecule has 2 fully saturated rings. The number of nitrogens with one attached hydrogen (secondary N) is 2. The lowest BCUT2D eigenvalue weighted by Crippen LogP contribution is -2.50. The second-order valence-electron chi connectivity index (χ2n) is 6.79. The fraction of sp³-hybridized carbons (Fsp3) is 0.588. The normalized spacial score (nSPS) is 26.3. The third-order valence-electron chi connectivity index (χ3n) is 4.99. The van der Waals surface area contributed by atoms with Crippen molar-refractivity contribution in [2.75, 3.05) is 29.7 Å². The van der Waals surface area contributed by atoms with Crippen molar-refractivity contribution < 1.29 is 13.2 Å². The minimum atomic E-state index is -3.20. The van der Waals surface area contributed by atoms with Gasteiger partial charge in [-0.2, -0.15) is 0 Å². The molecule has 1 amide bonds. The van der Waals surface area contributed by atoms with Gasteiger partial charge in [0.15, 0.2) is 0 Å². The van der Waals surface area contributed by atoms with Crippen LogP contribution in [0, 0.1) is 12.8 Å². The number of hydrogen-bond acceptors (Lipinski definition) is 4. The number of amides is 1. The monoisotopic (exact) mass is 351 g/mol. The molecular weight excluding hydrogens is 326 g/mol. The minimum Gasteiger partial charge on any atom is -0.348 e. The summed E-state index contributed by atoms with van der Waals surface area (Å²) in [5.74, 6) is 0.550. The van der Waals surface area contributed by atoms with Crippen molar-refractivity contribution in [1.82, 2.24) is 10.6 Å². The molecular formula is C17H25N3O3S. The van der Waals surface area contributed by atoms with Gasteiger partial charge in [0.1, 0.15) is 0 Å². The smallest absolute Gasteiger partial charge is 0.251 e. The number of aryl methyl sites for hydroxylation is 1. The maximum atomic E-state index is 12.6. The Bertz CT molecular complexity index is 733. The predicted octanol–water partition coefficient (Wildman–Crippen LogP) is 1.26. The van der Waals surface area contributed by atoms with E-state index in [1.165, 1.54) is 4.31 Å². The number of hydrogen-bond donors (Lipinski definition) is 2. The van der Waals surface area contributed by atoms with Gasteiger partial charge in [-0.1, -0.05) is 6.92 Å². The quantitative estimate of drug-likeness (QED) is 0.859. The standard InChI is InChI=1S/C17H25N3O3S/c1-12-6-7-18-11-16(12)19-17(21)15-5-4-14(10-13(15)2)20-8-3-9-24(20,22)23/h4-5,10,12,16,18H,3,6-9,11H2,1-2H3,(H,19,21). The summed E-state index contributed by atoms with van der Waals surface area (Å²) in [6, 6.07) is 5.38. The van der Waals surface area contributed by atoms with Crippen LogP contribution >= 0.6 is 0 Å². The van der Waals surface area contributed by atoms with Gasteiger partial charge in [-0.15, -0.1) is 0 Å². The van der Waals surface area contributed by atoms with Crippen molar-refractivity contribution in [2.45, 2.75) is 32.7 Å². The molecule has 1 aromatic carbocycles. The van der Waals surface area contributed by atoms with E-state index in [0.717, 1.165) is 25.1 Å². The lowest BCUT2D eigenvalue weighted by molar-refractivity contribution is 0.0914. The van der Waals surface area contributed by atoms with Gasteiger partial charge >= 0.3 is 0 Å². The molecule has 2 aliphatic heterocycles. The first kappa shape index (κ1) is 17.2. The Hall–Kier alpha value is -1.60. The molecule has 3 rings (SSSR count). The largest absolute Gasteiger partial charge is 0.348 e.